The molecule has 32 heavy (non-hydrogen) atoms. The van der Waals surface area contributed by atoms with Crippen molar-refractivity contribution in [3.63, 3.8) is 0 Å². The smallest absolute Gasteiger partial charge is 0.125 e. The lowest BCUT2D eigenvalue weighted by atomic mass is 9.82. The largest absolute Gasteiger partial charge is 0.365 e. The van der Waals surface area contributed by atoms with Crippen molar-refractivity contribution in [1.29, 1.82) is 5.26 Å². The minimum Gasteiger partial charge on any atom is -0.365 e. The average Bonchev–Trinajstić information content (AvgIpc) is 3.02. The first-order valence-corrected chi connectivity index (χ1v) is 11.5. The van der Waals surface area contributed by atoms with Gasteiger partial charge in [0.25, 0.3) is 0 Å². The van der Waals surface area contributed by atoms with Gasteiger partial charge in [0, 0.05) is 17.8 Å². The van der Waals surface area contributed by atoms with Gasteiger partial charge in [-0.1, -0.05) is 53.3 Å². The van der Waals surface area contributed by atoms with E-state index in [0.29, 0.717) is 18.6 Å². The van der Waals surface area contributed by atoms with E-state index in [1.807, 2.05) is 33.8 Å². The minimum absolute atomic E-state index is 0.331. The number of ether oxygens (including phenoxy) is 1. The van der Waals surface area contributed by atoms with Crippen molar-refractivity contribution in [2.45, 2.75) is 66.4 Å². The van der Waals surface area contributed by atoms with E-state index in [1.165, 1.54) is 25.1 Å². The summed E-state index contributed by atoms with van der Waals surface area (Å²) in [5.74, 6) is -0.331. The van der Waals surface area contributed by atoms with Crippen molar-refractivity contribution in [1.82, 2.24) is 4.90 Å². The third-order valence-corrected chi connectivity index (χ3v) is 4.42. The number of hydrogen-bond acceptors (Lipinski definition) is 3. The molecule has 0 aromatic rings. The fourth-order valence-electron chi connectivity index (χ4n) is 2.89. The molecule has 0 fully saturated rings. The van der Waals surface area contributed by atoms with Crippen LogP contribution in [0.3, 0.4) is 0 Å². The van der Waals surface area contributed by atoms with Crippen LogP contribution in [0.5, 0.6) is 0 Å². The number of nitriles is 1. The Labute approximate surface area is 196 Å². The monoisotopic (exact) mass is 442 g/mol. The lowest BCUT2D eigenvalue weighted by Gasteiger charge is -2.34. The van der Waals surface area contributed by atoms with E-state index < -0.39 is 5.60 Å². The molecule has 0 spiro atoms. The molecule has 0 aromatic heterocycles. The lowest BCUT2D eigenvalue weighted by Crippen LogP contribution is -2.36. The van der Waals surface area contributed by atoms with E-state index in [-0.39, 0.29) is 5.83 Å². The summed E-state index contributed by atoms with van der Waals surface area (Å²) in [6, 6.07) is 2.09. The normalized spacial score (nSPS) is 15.2. The molecule has 0 heterocycles. The van der Waals surface area contributed by atoms with Crippen LogP contribution in [0.25, 0.3) is 0 Å². The second kappa shape index (κ2) is 19.3. The average molecular weight is 443 g/mol. The summed E-state index contributed by atoms with van der Waals surface area (Å²) in [6.45, 7) is 17.6. The van der Waals surface area contributed by atoms with Gasteiger partial charge in [0.2, 0.25) is 0 Å². The summed E-state index contributed by atoms with van der Waals surface area (Å²) in [6.07, 6.45) is 14.0. The van der Waals surface area contributed by atoms with Crippen molar-refractivity contribution in [3.8, 4) is 6.07 Å². The van der Waals surface area contributed by atoms with Gasteiger partial charge in [0.1, 0.15) is 11.4 Å². The number of allylic oxidation sites excluding steroid dienone is 6. The highest BCUT2D eigenvalue weighted by Gasteiger charge is 2.35. The molecule has 1 rings (SSSR count). The van der Waals surface area contributed by atoms with Gasteiger partial charge in [0.05, 0.1) is 6.07 Å². The van der Waals surface area contributed by atoms with Crippen LogP contribution in [0.2, 0.25) is 0 Å². The summed E-state index contributed by atoms with van der Waals surface area (Å²) in [4.78, 5) is 2.18. The highest BCUT2D eigenvalue weighted by Crippen LogP contribution is 2.36. The van der Waals surface area contributed by atoms with Crippen molar-refractivity contribution < 1.29 is 9.13 Å². The van der Waals surface area contributed by atoms with Crippen molar-refractivity contribution in [3.05, 3.63) is 77.4 Å². The maximum atomic E-state index is 13.5. The second-order valence-electron chi connectivity index (χ2n) is 7.23. The Morgan fingerprint density at radius 3 is 2.31 bits per heavy atom. The van der Waals surface area contributed by atoms with Crippen molar-refractivity contribution in [2.75, 3.05) is 27.2 Å². The summed E-state index contributed by atoms with van der Waals surface area (Å²) in [5, 5.41) is 8.95. The Bertz CT molecular complexity index is 772. The Hall–Kier alpha value is -2.44. The maximum absolute atomic E-state index is 13.5. The molecule has 3 nitrogen and oxygen atoms in total. The van der Waals surface area contributed by atoms with Crippen LogP contribution in [0.1, 0.15) is 60.8 Å². The molecule has 1 aliphatic carbocycles. The fraction of sp³-hybridized carbons (Fsp3) is 0.500. The molecule has 0 aliphatic heterocycles. The van der Waals surface area contributed by atoms with Gasteiger partial charge in [-0.25, -0.2) is 4.39 Å². The van der Waals surface area contributed by atoms with E-state index in [0.717, 1.165) is 17.6 Å². The zero-order chi connectivity index (χ0) is 25.0. The van der Waals surface area contributed by atoms with E-state index in [4.69, 9.17) is 10.00 Å². The molecule has 178 valence electrons. The van der Waals surface area contributed by atoms with Gasteiger partial charge >= 0.3 is 0 Å². The number of hydrogen-bond donors (Lipinski definition) is 0. The van der Waals surface area contributed by atoms with Gasteiger partial charge in [0.15, 0.2) is 0 Å². The topological polar surface area (TPSA) is 36.3 Å². The maximum Gasteiger partial charge on any atom is 0.125 e. The Morgan fingerprint density at radius 2 is 1.88 bits per heavy atom. The standard InChI is InChI=1S/C21H24FNO.C5H13N.C2H6/c1-5-15-24-21(7-3,18(6-2)12-11-17(4)16-23)19-9-8-10-20(22)14-13-19;1-4-5-6(2)3;1-2/h6,8,10-14H,2,5,7,15H2,1,3-4H3;4-5H2,1-3H3;1-2H3/b17-11+,18-12+;;. The first kappa shape index (κ1) is 31.7. The van der Waals surface area contributed by atoms with E-state index in [9.17, 15) is 4.39 Å². The molecular weight excluding hydrogens is 399 g/mol. The predicted molar refractivity (Wildman–Crippen MR) is 137 cm³/mol. The zero-order valence-corrected chi connectivity index (χ0v) is 21.5. The molecule has 4 heteroatoms. The SMILES string of the molecule is C=C/C(=C\C=C(/C)C#N)C(CC)(OCCC)C1=C=CC=C(F)C=C1.CC.CCCN(C)C. The second-order valence-corrected chi connectivity index (χ2v) is 7.23. The van der Waals surface area contributed by atoms with E-state index in [2.05, 4.69) is 44.3 Å². The molecular formula is C28H43FN2O. The molecule has 1 aliphatic rings. The number of nitrogens with zero attached hydrogens (tertiary/aromatic N) is 2. The molecule has 0 radical (unpaired) electrons. The fourth-order valence-corrected chi connectivity index (χ4v) is 2.89. The molecule has 0 N–H and O–H groups in total. The first-order valence-electron chi connectivity index (χ1n) is 11.5. The van der Waals surface area contributed by atoms with E-state index >= 15 is 0 Å². The van der Waals surface area contributed by atoms with Gasteiger partial charge in [-0.3, -0.25) is 0 Å². The van der Waals surface area contributed by atoms with Gasteiger partial charge in [-0.05, 0) is 82.8 Å². The van der Waals surface area contributed by atoms with Crippen LogP contribution in [-0.2, 0) is 4.74 Å². The summed E-state index contributed by atoms with van der Waals surface area (Å²) in [5.41, 5.74) is 4.47. The van der Waals surface area contributed by atoms with Crippen LogP contribution in [0.15, 0.2) is 77.4 Å². The van der Waals surface area contributed by atoms with Crippen LogP contribution in [0.4, 0.5) is 4.39 Å². The molecule has 0 saturated heterocycles. The molecule has 1 atom stereocenters. The summed E-state index contributed by atoms with van der Waals surface area (Å²) < 4.78 is 19.7. The van der Waals surface area contributed by atoms with Crippen LogP contribution >= 0.6 is 0 Å². The van der Waals surface area contributed by atoms with Crippen molar-refractivity contribution in [2.24, 2.45) is 0 Å². The van der Waals surface area contributed by atoms with Crippen LogP contribution < -0.4 is 0 Å². The molecule has 1 unspecified atom stereocenters. The first-order chi connectivity index (χ1) is 15.3. The van der Waals surface area contributed by atoms with Gasteiger partial charge in [-0.2, -0.15) is 5.26 Å². The molecule has 0 aromatic carbocycles. The minimum atomic E-state index is -0.782. The highest BCUT2D eigenvalue weighted by molar-refractivity contribution is 5.48. The molecule has 0 bridgehead atoms. The summed E-state index contributed by atoms with van der Waals surface area (Å²) >= 11 is 0. The van der Waals surface area contributed by atoms with E-state index in [1.54, 1.807) is 31.2 Å². The van der Waals surface area contributed by atoms with Crippen LogP contribution in [0, 0.1) is 11.3 Å². The number of halogens is 1. The van der Waals surface area contributed by atoms with Crippen molar-refractivity contribution >= 4 is 0 Å². The molecule has 0 saturated carbocycles. The highest BCUT2D eigenvalue weighted by atomic mass is 19.1. The predicted octanol–water partition coefficient (Wildman–Crippen LogP) is 7.63. The third kappa shape index (κ3) is 11.8. The Balaban J connectivity index is 0. The van der Waals surface area contributed by atoms with Crippen LogP contribution in [-0.4, -0.2) is 37.7 Å². The lowest BCUT2D eigenvalue weighted by molar-refractivity contribution is 0.0130. The third-order valence-electron chi connectivity index (χ3n) is 4.42. The van der Waals surface area contributed by atoms with Gasteiger partial charge < -0.3 is 9.64 Å². The molecule has 0 amide bonds. The number of rotatable bonds is 10. The zero-order valence-electron chi connectivity index (χ0n) is 21.5. The Morgan fingerprint density at radius 1 is 1.22 bits per heavy atom. The van der Waals surface area contributed by atoms with Gasteiger partial charge in [-0.15, -0.1) is 5.73 Å². The summed E-state index contributed by atoms with van der Waals surface area (Å²) in [7, 11) is 4.17. The quantitative estimate of drug-likeness (QED) is 0.198. The Kier molecular flexibility index (Phi) is 19.1.